The number of thiophene rings is 1. The van der Waals surface area contributed by atoms with Gasteiger partial charge in [0.05, 0.1) is 0 Å². The SMILES string of the molecule is CC(C)(N)CCC(=O)Cc1cc(Br)cs1. The Labute approximate surface area is 103 Å². The molecule has 0 radical (unpaired) electrons. The maximum atomic E-state index is 11.6. The Morgan fingerprint density at radius 1 is 1.60 bits per heavy atom. The molecule has 0 saturated heterocycles. The number of hydrogen-bond acceptors (Lipinski definition) is 3. The van der Waals surface area contributed by atoms with Crippen LogP contribution in [-0.4, -0.2) is 11.3 Å². The third-order valence-electron chi connectivity index (χ3n) is 2.04. The number of carbonyl (C=O) groups excluding carboxylic acids is 1. The summed E-state index contributed by atoms with van der Waals surface area (Å²) >= 11 is 4.98. The summed E-state index contributed by atoms with van der Waals surface area (Å²) in [6.07, 6.45) is 1.85. The quantitative estimate of drug-likeness (QED) is 0.905. The average molecular weight is 290 g/mol. The van der Waals surface area contributed by atoms with Crippen LogP contribution < -0.4 is 5.73 Å². The molecule has 15 heavy (non-hydrogen) atoms. The van der Waals surface area contributed by atoms with Crippen LogP contribution in [0.5, 0.6) is 0 Å². The zero-order valence-corrected chi connectivity index (χ0v) is 11.5. The molecular formula is C11H16BrNOS. The minimum absolute atomic E-state index is 0.244. The molecule has 0 aromatic carbocycles. The smallest absolute Gasteiger partial charge is 0.138 e. The molecule has 2 N–H and O–H groups in total. The first-order valence-electron chi connectivity index (χ1n) is 4.90. The van der Waals surface area contributed by atoms with E-state index >= 15 is 0 Å². The van der Waals surface area contributed by atoms with E-state index < -0.39 is 0 Å². The molecule has 0 unspecified atom stereocenters. The highest BCUT2D eigenvalue weighted by Crippen LogP contribution is 2.21. The lowest BCUT2D eigenvalue weighted by Gasteiger charge is -2.17. The molecule has 0 atom stereocenters. The van der Waals surface area contributed by atoms with Gasteiger partial charge in [0.1, 0.15) is 5.78 Å². The van der Waals surface area contributed by atoms with E-state index in [9.17, 15) is 4.79 Å². The maximum absolute atomic E-state index is 11.6. The van der Waals surface area contributed by atoms with E-state index in [1.165, 1.54) is 0 Å². The van der Waals surface area contributed by atoms with Crippen LogP contribution in [0.15, 0.2) is 15.9 Å². The Kier molecular flexibility index (Phi) is 4.49. The van der Waals surface area contributed by atoms with Crippen molar-refractivity contribution >= 4 is 33.0 Å². The Morgan fingerprint density at radius 3 is 2.73 bits per heavy atom. The molecule has 0 amide bonds. The topological polar surface area (TPSA) is 43.1 Å². The van der Waals surface area contributed by atoms with Crippen molar-refractivity contribution in [3.63, 3.8) is 0 Å². The van der Waals surface area contributed by atoms with E-state index in [-0.39, 0.29) is 11.3 Å². The highest BCUT2D eigenvalue weighted by atomic mass is 79.9. The first kappa shape index (κ1) is 12.9. The maximum Gasteiger partial charge on any atom is 0.138 e. The lowest BCUT2D eigenvalue weighted by molar-refractivity contribution is -0.118. The second-order valence-electron chi connectivity index (χ2n) is 4.44. The van der Waals surface area contributed by atoms with Crippen molar-refractivity contribution in [2.45, 2.75) is 38.6 Å². The summed E-state index contributed by atoms with van der Waals surface area (Å²) in [5.41, 5.74) is 5.58. The second kappa shape index (κ2) is 5.23. The normalized spacial score (nSPS) is 11.7. The molecule has 1 heterocycles. The average Bonchev–Trinajstić information content (AvgIpc) is 2.47. The van der Waals surface area contributed by atoms with Crippen molar-refractivity contribution in [3.05, 3.63) is 20.8 Å². The molecular weight excluding hydrogens is 274 g/mol. The van der Waals surface area contributed by atoms with Crippen molar-refractivity contribution in [1.82, 2.24) is 0 Å². The summed E-state index contributed by atoms with van der Waals surface area (Å²) in [6.45, 7) is 3.89. The zero-order valence-electron chi connectivity index (χ0n) is 9.05. The molecule has 0 spiro atoms. The zero-order chi connectivity index (χ0) is 11.5. The number of halogens is 1. The van der Waals surface area contributed by atoms with Gasteiger partial charge in [0.2, 0.25) is 0 Å². The van der Waals surface area contributed by atoms with Gasteiger partial charge in [0.25, 0.3) is 0 Å². The van der Waals surface area contributed by atoms with E-state index in [2.05, 4.69) is 15.9 Å². The fraction of sp³-hybridized carbons (Fsp3) is 0.545. The molecule has 1 aromatic heterocycles. The van der Waals surface area contributed by atoms with Gasteiger partial charge in [-0.2, -0.15) is 0 Å². The van der Waals surface area contributed by atoms with Gasteiger partial charge >= 0.3 is 0 Å². The minimum Gasteiger partial charge on any atom is -0.326 e. The standard InChI is InChI=1S/C11H16BrNOS/c1-11(2,13)4-3-9(14)6-10-5-8(12)7-15-10/h5,7H,3-4,6,13H2,1-2H3. The fourth-order valence-corrected chi connectivity index (χ4v) is 2.67. The van der Waals surface area contributed by atoms with E-state index in [1.54, 1.807) is 11.3 Å². The van der Waals surface area contributed by atoms with Crippen LogP contribution in [0.3, 0.4) is 0 Å². The number of ketones is 1. The van der Waals surface area contributed by atoms with Gasteiger partial charge in [-0.1, -0.05) is 0 Å². The van der Waals surface area contributed by atoms with E-state index in [1.807, 2.05) is 25.3 Å². The second-order valence-corrected chi connectivity index (χ2v) is 6.35. The molecule has 1 aromatic rings. The van der Waals surface area contributed by atoms with Gasteiger partial charge in [0, 0.05) is 33.1 Å². The number of Topliss-reactive ketones (excluding diaryl/α,β-unsaturated/α-hetero) is 1. The van der Waals surface area contributed by atoms with Crippen LogP contribution in [0.1, 0.15) is 31.6 Å². The molecule has 4 heteroatoms. The largest absolute Gasteiger partial charge is 0.326 e. The Morgan fingerprint density at radius 2 is 2.27 bits per heavy atom. The van der Waals surface area contributed by atoms with Crippen molar-refractivity contribution in [3.8, 4) is 0 Å². The summed E-state index contributed by atoms with van der Waals surface area (Å²) in [7, 11) is 0. The summed E-state index contributed by atoms with van der Waals surface area (Å²) in [4.78, 5) is 12.7. The number of nitrogens with two attached hydrogens (primary N) is 1. The van der Waals surface area contributed by atoms with Gasteiger partial charge in [-0.05, 0) is 42.3 Å². The number of carbonyl (C=O) groups is 1. The molecule has 2 nitrogen and oxygen atoms in total. The number of hydrogen-bond donors (Lipinski definition) is 1. The van der Waals surface area contributed by atoms with Gasteiger partial charge in [-0.25, -0.2) is 0 Å². The first-order chi connectivity index (χ1) is 6.87. The van der Waals surface area contributed by atoms with Gasteiger partial charge in [-0.3, -0.25) is 4.79 Å². The van der Waals surface area contributed by atoms with E-state index in [0.717, 1.165) is 15.8 Å². The van der Waals surface area contributed by atoms with Crippen molar-refractivity contribution < 1.29 is 4.79 Å². The predicted octanol–water partition coefficient (Wildman–Crippen LogP) is 3.14. The lowest BCUT2D eigenvalue weighted by atomic mass is 9.97. The molecule has 84 valence electrons. The van der Waals surface area contributed by atoms with Gasteiger partial charge in [0.15, 0.2) is 0 Å². The molecule has 0 bridgehead atoms. The highest BCUT2D eigenvalue weighted by molar-refractivity contribution is 9.10. The van der Waals surface area contributed by atoms with Crippen LogP contribution in [0, 0.1) is 0 Å². The molecule has 0 aliphatic carbocycles. The van der Waals surface area contributed by atoms with Crippen LogP contribution in [0.4, 0.5) is 0 Å². The molecule has 0 aliphatic rings. The summed E-state index contributed by atoms with van der Waals surface area (Å²) in [5, 5.41) is 2.00. The monoisotopic (exact) mass is 289 g/mol. The lowest BCUT2D eigenvalue weighted by Crippen LogP contribution is -2.32. The third kappa shape index (κ3) is 5.44. The first-order valence-corrected chi connectivity index (χ1v) is 6.57. The van der Waals surface area contributed by atoms with Crippen molar-refractivity contribution in [1.29, 1.82) is 0 Å². The van der Waals surface area contributed by atoms with Crippen molar-refractivity contribution in [2.24, 2.45) is 5.73 Å². The van der Waals surface area contributed by atoms with Crippen LogP contribution in [-0.2, 0) is 11.2 Å². The van der Waals surface area contributed by atoms with E-state index in [4.69, 9.17) is 5.73 Å². The summed E-state index contributed by atoms with van der Waals surface area (Å²) in [6, 6.07) is 2.00. The molecule has 0 saturated carbocycles. The predicted molar refractivity (Wildman–Crippen MR) is 68.2 cm³/mol. The van der Waals surface area contributed by atoms with Crippen LogP contribution >= 0.6 is 27.3 Å². The van der Waals surface area contributed by atoms with Crippen LogP contribution in [0.2, 0.25) is 0 Å². The minimum atomic E-state index is -0.244. The van der Waals surface area contributed by atoms with E-state index in [0.29, 0.717) is 12.8 Å². The molecule has 0 fully saturated rings. The van der Waals surface area contributed by atoms with Gasteiger partial charge in [-0.15, -0.1) is 11.3 Å². The third-order valence-corrected chi connectivity index (χ3v) is 3.74. The number of rotatable bonds is 5. The Bertz CT molecular complexity index is 341. The van der Waals surface area contributed by atoms with Gasteiger partial charge < -0.3 is 5.73 Å². The highest BCUT2D eigenvalue weighted by Gasteiger charge is 2.13. The molecule has 0 aliphatic heterocycles. The summed E-state index contributed by atoms with van der Waals surface area (Å²) in [5.74, 6) is 0.267. The Balaban J connectivity index is 2.37. The van der Waals surface area contributed by atoms with Crippen molar-refractivity contribution in [2.75, 3.05) is 0 Å². The molecule has 1 rings (SSSR count). The fourth-order valence-electron chi connectivity index (χ4n) is 1.19. The summed E-state index contributed by atoms with van der Waals surface area (Å²) < 4.78 is 1.05. The van der Waals surface area contributed by atoms with Crippen LogP contribution in [0.25, 0.3) is 0 Å². The Hall–Kier alpha value is -0.190.